The van der Waals surface area contributed by atoms with E-state index in [1.165, 1.54) is 43.6 Å². The number of pyridine rings is 3. The minimum absolute atomic E-state index is 0.795. The lowest BCUT2D eigenvalue weighted by molar-refractivity contribution is 1.13. The van der Waals surface area contributed by atoms with Gasteiger partial charge in [-0.3, -0.25) is 9.97 Å². The van der Waals surface area contributed by atoms with Crippen molar-refractivity contribution in [1.82, 2.24) is 24.1 Å². The van der Waals surface area contributed by atoms with Gasteiger partial charge in [-0.1, -0.05) is 115 Å². The summed E-state index contributed by atoms with van der Waals surface area (Å²) in [6, 6.07) is 66.4. The highest BCUT2D eigenvalue weighted by atomic mass is 15.0. The Labute approximate surface area is 323 Å². The number of rotatable bonds is 6. The van der Waals surface area contributed by atoms with E-state index in [2.05, 4.69) is 178 Å². The van der Waals surface area contributed by atoms with Gasteiger partial charge < -0.3 is 9.13 Å². The standard InChI is InChI=1S/C51H33N5/c1-2-14-34(15-3-1)37-30-46(44-20-12-13-27-52-44)54-47(31-37)45-26-25-35(33-53-45)36-28-38(55-48-21-8-4-16-40(48)41-17-5-9-22-49(41)55)32-39(29-36)56-50-23-10-6-18-42(50)43-19-7-11-24-51(43)56/h1-33H. The van der Waals surface area contributed by atoms with Gasteiger partial charge in [-0.2, -0.15) is 0 Å². The average Bonchev–Trinajstić information content (AvgIpc) is 3.80. The molecule has 0 unspecified atom stereocenters. The molecular formula is C51H33N5. The van der Waals surface area contributed by atoms with Gasteiger partial charge in [-0.15, -0.1) is 0 Å². The normalized spacial score (nSPS) is 11.6. The fourth-order valence-electron chi connectivity index (χ4n) is 8.24. The summed E-state index contributed by atoms with van der Waals surface area (Å²) in [6.07, 6.45) is 3.78. The lowest BCUT2D eigenvalue weighted by atomic mass is 10.0. The molecule has 0 bridgehead atoms. The molecule has 0 saturated carbocycles. The molecule has 0 aliphatic carbocycles. The molecule has 6 aromatic carbocycles. The maximum absolute atomic E-state index is 5.08. The van der Waals surface area contributed by atoms with Crippen molar-refractivity contribution in [3.05, 3.63) is 200 Å². The van der Waals surface area contributed by atoms with Crippen LogP contribution < -0.4 is 0 Å². The Kier molecular flexibility index (Phi) is 7.42. The van der Waals surface area contributed by atoms with Gasteiger partial charge in [0.05, 0.1) is 44.8 Å². The highest BCUT2D eigenvalue weighted by Gasteiger charge is 2.18. The minimum Gasteiger partial charge on any atom is -0.309 e. The minimum atomic E-state index is 0.795. The molecule has 11 aromatic rings. The summed E-state index contributed by atoms with van der Waals surface area (Å²) >= 11 is 0. The summed E-state index contributed by atoms with van der Waals surface area (Å²) in [5, 5.41) is 4.92. The molecule has 0 aliphatic rings. The van der Waals surface area contributed by atoms with Gasteiger partial charge in [-0.05, 0) is 89.5 Å². The molecule has 5 heterocycles. The summed E-state index contributed by atoms with van der Waals surface area (Å²) in [7, 11) is 0. The second kappa shape index (κ2) is 13.0. The Morgan fingerprint density at radius 1 is 0.304 bits per heavy atom. The van der Waals surface area contributed by atoms with Crippen LogP contribution >= 0.6 is 0 Å². The third-order valence-electron chi connectivity index (χ3n) is 10.8. The third-order valence-corrected chi connectivity index (χ3v) is 10.8. The quantitative estimate of drug-likeness (QED) is 0.172. The number of para-hydroxylation sites is 4. The largest absolute Gasteiger partial charge is 0.309 e. The maximum Gasteiger partial charge on any atom is 0.0900 e. The molecule has 0 radical (unpaired) electrons. The van der Waals surface area contributed by atoms with Crippen molar-refractivity contribution < 1.29 is 0 Å². The molecule has 5 nitrogen and oxygen atoms in total. The zero-order valence-electron chi connectivity index (χ0n) is 30.3. The highest BCUT2D eigenvalue weighted by Crippen LogP contribution is 2.38. The van der Waals surface area contributed by atoms with Crippen LogP contribution in [0.25, 0.3) is 100 Å². The van der Waals surface area contributed by atoms with Crippen LogP contribution in [0.1, 0.15) is 0 Å². The van der Waals surface area contributed by atoms with E-state index in [4.69, 9.17) is 9.97 Å². The van der Waals surface area contributed by atoms with Crippen molar-refractivity contribution in [2.75, 3.05) is 0 Å². The van der Waals surface area contributed by atoms with Crippen LogP contribution in [-0.2, 0) is 0 Å². The molecule has 0 amide bonds. The summed E-state index contributed by atoms with van der Waals surface area (Å²) in [5.74, 6) is 0. The Bertz CT molecular complexity index is 2940. The van der Waals surface area contributed by atoms with Crippen LogP contribution in [0.2, 0.25) is 0 Å². The second-order valence-corrected chi connectivity index (χ2v) is 14.1. The van der Waals surface area contributed by atoms with Gasteiger partial charge >= 0.3 is 0 Å². The topological polar surface area (TPSA) is 48.5 Å². The zero-order chi connectivity index (χ0) is 37.0. The number of fused-ring (bicyclic) bond motifs is 6. The fourth-order valence-corrected chi connectivity index (χ4v) is 8.24. The van der Waals surface area contributed by atoms with Crippen LogP contribution in [0.15, 0.2) is 200 Å². The second-order valence-electron chi connectivity index (χ2n) is 14.1. The molecule has 0 atom stereocenters. The molecular weight excluding hydrogens is 683 g/mol. The van der Waals surface area contributed by atoms with Gasteiger partial charge in [0.25, 0.3) is 0 Å². The van der Waals surface area contributed by atoms with Crippen LogP contribution in [0.4, 0.5) is 0 Å². The van der Waals surface area contributed by atoms with Gasteiger partial charge in [0, 0.05) is 50.9 Å². The van der Waals surface area contributed by atoms with Crippen molar-refractivity contribution >= 4 is 43.6 Å². The van der Waals surface area contributed by atoms with Crippen LogP contribution in [0.5, 0.6) is 0 Å². The van der Waals surface area contributed by atoms with Crippen molar-refractivity contribution in [2.45, 2.75) is 0 Å². The van der Waals surface area contributed by atoms with E-state index in [-0.39, 0.29) is 0 Å². The SMILES string of the molecule is c1ccc(-c2cc(-c3ccccn3)nc(-c3ccc(-c4cc(-n5c6ccccc6c6ccccc65)cc(-n5c6ccccc6c6ccccc65)c4)cn3)c2)cc1. The van der Waals surface area contributed by atoms with E-state index < -0.39 is 0 Å². The van der Waals surface area contributed by atoms with Gasteiger partial charge in [-0.25, -0.2) is 4.98 Å². The first kappa shape index (κ1) is 31.9. The molecule has 262 valence electrons. The first-order chi connectivity index (χ1) is 27.8. The van der Waals surface area contributed by atoms with E-state index >= 15 is 0 Å². The smallest absolute Gasteiger partial charge is 0.0900 e. The summed E-state index contributed by atoms with van der Waals surface area (Å²) < 4.78 is 4.79. The number of hydrogen-bond donors (Lipinski definition) is 0. The summed E-state index contributed by atoms with van der Waals surface area (Å²) in [5.41, 5.74) is 14.3. The van der Waals surface area contributed by atoms with Gasteiger partial charge in [0.1, 0.15) is 0 Å². The van der Waals surface area contributed by atoms with Crippen molar-refractivity contribution in [2.24, 2.45) is 0 Å². The molecule has 0 saturated heterocycles. The predicted octanol–water partition coefficient (Wildman–Crippen LogP) is 12.7. The Hall–Kier alpha value is -7.63. The number of hydrogen-bond acceptors (Lipinski definition) is 3. The van der Waals surface area contributed by atoms with E-state index in [0.29, 0.717) is 0 Å². The maximum atomic E-state index is 5.08. The third kappa shape index (κ3) is 5.29. The molecule has 0 spiro atoms. The van der Waals surface area contributed by atoms with Crippen molar-refractivity contribution in [3.8, 4) is 56.4 Å². The fraction of sp³-hybridized carbons (Fsp3) is 0. The Morgan fingerprint density at radius 3 is 1.25 bits per heavy atom. The van der Waals surface area contributed by atoms with E-state index in [1.807, 2.05) is 30.5 Å². The summed E-state index contributed by atoms with van der Waals surface area (Å²) in [6.45, 7) is 0. The number of aromatic nitrogens is 5. The first-order valence-electron chi connectivity index (χ1n) is 18.8. The Balaban J connectivity index is 1.11. The lowest BCUT2D eigenvalue weighted by Crippen LogP contribution is -2.00. The van der Waals surface area contributed by atoms with E-state index in [0.717, 1.165) is 56.4 Å². The monoisotopic (exact) mass is 715 g/mol. The predicted molar refractivity (Wildman–Crippen MR) is 230 cm³/mol. The number of benzene rings is 6. The molecule has 0 aliphatic heterocycles. The van der Waals surface area contributed by atoms with E-state index in [9.17, 15) is 0 Å². The van der Waals surface area contributed by atoms with Crippen molar-refractivity contribution in [1.29, 1.82) is 0 Å². The summed E-state index contributed by atoms with van der Waals surface area (Å²) in [4.78, 5) is 14.8. The first-order valence-corrected chi connectivity index (χ1v) is 18.8. The van der Waals surface area contributed by atoms with E-state index in [1.54, 1.807) is 6.20 Å². The highest BCUT2D eigenvalue weighted by molar-refractivity contribution is 6.10. The number of nitrogens with zero attached hydrogens (tertiary/aromatic N) is 5. The molecule has 0 fully saturated rings. The lowest BCUT2D eigenvalue weighted by Gasteiger charge is -2.16. The van der Waals surface area contributed by atoms with Gasteiger partial charge in [0.2, 0.25) is 0 Å². The zero-order valence-corrected chi connectivity index (χ0v) is 30.3. The molecule has 11 rings (SSSR count). The molecule has 56 heavy (non-hydrogen) atoms. The Morgan fingerprint density at radius 2 is 0.768 bits per heavy atom. The molecule has 5 heteroatoms. The van der Waals surface area contributed by atoms with Crippen molar-refractivity contribution in [3.63, 3.8) is 0 Å². The average molecular weight is 716 g/mol. The van der Waals surface area contributed by atoms with Crippen LogP contribution in [-0.4, -0.2) is 24.1 Å². The van der Waals surface area contributed by atoms with Crippen LogP contribution in [0, 0.1) is 0 Å². The molecule has 5 aromatic heterocycles. The van der Waals surface area contributed by atoms with Crippen LogP contribution in [0.3, 0.4) is 0 Å². The molecule has 0 N–H and O–H groups in total. The van der Waals surface area contributed by atoms with Gasteiger partial charge in [0.15, 0.2) is 0 Å².